The van der Waals surface area contributed by atoms with Gasteiger partial charge in [0, 0.05) is 19.8 Å². The second-order valence-electron chi connectivity index (χ2n) is 5.03. The van der Waals surface area contributed by atoms with Gasteiger partial charge in [-0.05, 0) is 31.7 Å². The molecule has 0 aliphatic heterocycles. The van der Waals surface area contributed by atoms with Crippen molar-refractivity contribution in [2.45, 2.75) is 46.5 Å². The van der Waals surface area contributed by atoms with Gasteiger partial charge < -0.3 is 15.4 Å². The summed E-state index contributed by atoms with van der Waals surface area (Å²) in [7, 11) is 0. The number of unbranched alkanes of at least 4 members (excludes halogenated alkanes) is 1. The third kappa shape index (κ3) is 13.5. The summed E-state index contributed by atoms with van der Waals surface area (Å²) >= 11 is 0. The van der Waals surface area contributed by atoms with Crippen LogP contribution in [0.5, 0.6) is 0 Å². The van der Waals surface area contributed by atoms with Gasteiger partial charge in [-0.15, -0.1) is 0 Å². The highest BCUT2D eigenvalue weighted by Gasteiger charge is 2.00. The Balaban J connectivity index is 3.15. The Morgan fingerprint density at radius 3 is 2.56 bits per heavy atom. The molecule has 0 heterocycles. The van der Waals surface area contributed by atoms with Gasteiger partial charge in [0.15, 0.2) is 0 Å². The van der Waals surface area contributed by atoms with E-state index in [0.717, 1.165) is 45.6 Å². The van der Waals surface area contributed by atoms with Crippen molar-refractivity contribution in [3.05, 3.63) is 0 Å². The van der Waals surface area contributed by atoms with E-state index in [2.05, 4.69) is 31.4 Å². The van der Waals surface area contributed by atoms with E-state index >= 15 is 0 Å². The first-order valence-electron chi connectivity index (χ1n) is 7.22. The smallest absolute Gasteiger partial charge is 0.233 e. The Morgan fingerprint density at radius 2 is 1.89 bits per heavy atom. The van der Waals surface area contributed by atoms with Crippen LogP contribution >= 0.6 is 0 Å². The third-order valence-corrected chi connectivity index (χ3v) is 2.61. The summed E-state index contributed by atoms with van der Waals surface area (Å²) in [6, 6.07) is 0. The molecular formula is C14H30N2O2. The maximum atomic E-state index is 11.4. The fourth-order valence-corrected chi connectivity index (χ4v) is 1.41. The minimum absolute atomic E-state index is 0.0857. The van der Waals surface area contributed by atoms with Gasteiger partial charge in [0.2, 0.25) is 5.91 Å². The summed E-state index contributed by atoms with van der Waals surface area (Å²) in [5.41, 5.74) is 0. The van der Waals surface area contributed by atoms with Crippen molar-refractivity contribution in [3.8, 4) is 0 Å². The lowest BCUT2D eigenvalue weighted by molar-refractivity contribution is -0.120. The standard InChI is InChI=1S/C14H30N2O2/c1-4-5-10-18-11-6-8-15-12-14(17)16-9-7-13(2)3/h13,15H,4-12H2,1-3H3,(H,16,17). The Labute approximate surface area is 112 Å². The number of carbonyl (C=O) groups excluding carboxylic acids is 1. The molecule has 4 nitrogen and oxygen atoms in total. The molecule has 0 radical (unpaired) electrons. The minimum atomic E-state index is 0.0857. The molecule has 0 aromatic heterocycles. The van der Waals surface area contributed by atoms with E-state index < -0.39 is 0 Å². The average molecular weight is 258 g/mol. The maximum Gasteiger partial charge on any atom is 0.233 e. The molecule has 0 aliphatic rings. The van der Waals surface area contributed by atoms with Crippen molar-refractivity contribution in [2.24, 2.45) is 5.92 Å². The molecule has 0 aliphatic carbocycles. The summed E-state index contributed by atoms with van der Waals surface area (Å²) in [6.45, 7) is 10.1. The van der Waals surface area contributed by atoms with E-state index in [9.17, 15) is 4.79 Å². The molecular weight excluding hydrogens is 228 g/mol. The fraction of sp³-hybridized carbons (Fsp3) is 0.929. The predicted molar refractivity (Wildman–Crippen MR) is 75.7 cm³/mol. The number of rotatable bonds is 12. The Hall–Kier alpha value is -0.610. The van der Waals surface area contributed by atoms with Gasteiger partial charge in [-0.2, -0.15) is 0 Å². The molecule has 0 atom stereocenters. The van der Waals surface area contributed by atoms with Crippen molar-refractivity contribution in [1.29, 1.82) is 0 Å². The van der Waals surface area contributed by atoms with Crippen molar-refractivity contribution >= 4 is 5.91 Å². The van der Waals surface area contributed by atoms with Crippen molar-refractivity contribution in [1.82, 2.24) is 10.6 Å². The first-order chi connectivity index (χ1) is 8.66. The van der Waals surface area contributed by atoms with Gasteiger partial charge in [0.05, 0.1) is 6.54 Å². The van der Waals surface area contributed by atoms with E-state index in [1.807, 2.05) is 0 Å². The second kappa shape index (κ2) is 12.8. The molecule has 0 saturated carbocycles. The van der Waals surface area contributed by atoms with Gasteiger partial charge in [0.25, 0.3) is 0 Å². The number of amides is 1. The Morgan fingerprint density at radius 1 is 1.17 bits per heavy atom. The van der Waals surface area contributed by atoms with Crippen LogP contribution in [0.15, 0.2) is 0 Å². The quantitative estimate of drug-likeness (QED) is 0.526. The minimum Gasteiger partial charge on any atom is -0.381 e. The van der Waals surface area contributed by atoms with Crippen LogP contribution in [0, 0.1) is 5.92 Å². The van der Waals surface area contributed by atoms with Gasteiger partial charge >= 0.3 is 0 Å². The van der Waals surface area contributed by atoms with Gasteiger partial charge in [-0.1, -0.05) is 27.2 Å². The Bertz CT molecular complexity index is 196. The lowest BCUT2D eigenvalue weighted by atomic mass is 10.1. The highest BCUT2D eigenvalue weighted by molar-refractivity contribution is 5.77. The SMILES string of the molecule is CCCCOCCCNCC(=O)NCCC(C)C. The van der Waals surface area contributed by atoms with Crippen LogP contribution in [0.3, 0.4) is 0 Å². The zero-order valence-corrected chi connectivity index (χ0v) is 12.3. The summed E-state index contributed by atoms with van der Waals surface area (Å²) < 4.78 is 5.43. The number of carbonyl (C=O) groups is 1. The molecule has 0 aromatic rings. The van der Waals surface area contributed by atoms with Crippen molar-refractivity contribution < 1.29 is 9.53 Å². The average Bonchev–Trinajstić information content (AvgIpc) is 2.32. The normalized spacial score (nSPS) is 10.9. The number of hydrogen-bond donors (Lipinski definition) is 2. The number of ether oxygens (including phenoxy) is 1. The van der Waals surface area contributed by atoms with Gasteiger partial charge in [0.1, 0.15) is 0 Å². The zero-order valence-electron chi connectivity index (χ0n) is 12.3. The summed E-state index contributed by atoms with van der Waals surface area (Å²) in [4.78, 5) is 11.4. The fourth-order valence-electron chi connectivity index (χ4n) is 1.41. The third-order valence-electron chi connectivity index (χ3n) is 2.61. The van der Waals surface area contributed by atoms with Crippen LogP contribution in [-0.2, 0) is 9.53 Å². The summed E-state index contributed by atoms with van der Waals surface area (Å²) in [6.07, 6.45) is 4.31. The monoisotopic (exact) mass is 258 g/mol. The van der Waals surface area contributed by atoms with E-state index in [-0.39, 0.29) is 5.91 Å². The topological polar surface area (TPSA) is 50.4 Å². The summed E-state index contributed by atoms with van der Waals surface area (Å²) in [5.74, 6) is 0.723. The van der Waals surface area contributed by atoms with E-state index in [0.29, 0.717) is 12.5 Å². The molecule has 0 spiro atoms. The maximum absolute atomic E-state index is 11.4. The van der Waals surface area contributed by atoms with Crippen molar-refractivity contribution in [2.75, 3.05) is 32.8 Å². The van der Waals surface area contributed by atoms with Gasteiger partial charge in [-0.3, -0.25) is 4.79 Å². The lowest BCUT2D eigenvalue weighted by Gasteiger charge is -2.08. The lowest BCUT2D eigenvalue weighted by Crippen LogP contribution is -2.35. The molecule has 0 rings (SSSR count). The van der Waals surface area contributed by atoms with Crippen LogP contribution in [0.2, 0.25) is 0 Å². The number of nitrogens with one attached hydrogen (secondary N) is 2. The van der Waals surface area contributed by atoms with Crippen LogP contribution in [0.25, 0.3) is 0 Å². The van der Waals surface area contributed by atoms with Crippen LogP contribution in [0.4, 0.5) is 0 Å². The van der Waals surface area contributed by atoms with Gasteiger partial charge in [-0.25, -0.2) is 0 Å². The molecule has 0 aromatic carbocycles. The molecule has 1 amide bonds. The van der Waals surface area contributed by atoms with Crippen molar-refractivity contribution in [3.63, 3.8) is 0 Å². The molecule has 18 heavy (non-hydrogen) atoms. The molecule has 0 saturated heterocycles. The molecule has 0 unspecified atom stereocenters. The van der Waals surface area contributed by atoms with Crippen LogP contribution in [-0.4, -0.2) is 38.8 Å². The molecule has 0 fully saturated rings. The molecule has 4 heteroatoms. The first-order valence-corrected chi connectivity index (χ1v) is 7.22. The molecule has 0 bridgehead atoms. The number of hydrogen-bond acceptors (Lipinski definition) is 3. The summed E-state index contributed by atoms with van der Waals surface area (Å²) in [5, 5.41) is 6.02. The largest absolute Gasteiger partial charge is 0.381 e. The molecule has 2 N–H and O–H groups in total. The first kappa shape index (κ1) is 17.4. The van der Waals surface area contributed by atoms with E-state index in [1.165, 1.54) is 6.42 Å². The van der Waals surface area contributed by atoms with Crippen LogP contribution in [0.1, 0.15) is 46.5 Å². The van der Waals surface area contributed by atoms with Crippen LogP contribution < -0.4 is 10.6 Å². The van der Waals surface area contributed by atoms with E-state index in [1.54, 1.807) is 0 Å². The highest BCUT2D eigenvalue weighted by Crippen LogP contribution is 1.95. The van der Waals surface area contributed by atoms with E-state index in [4.69, 9.17) is 4.74 Å². The second-order valence-corrected chi connectivity index (χ2v) is 5.03. The zero-order chi connectivity index (χ0) is 13.6. The molecule has 108 valence electrons. The highest BCUT2D eigenvalue weighted by atomic mass is 16.5. The predicted octanol–water partition coefficient (Wildman–Crippen LogP) is 1.95. The Kier molecular flexibility index (Phi) is 12.4.